The summed E-state index contributed by atoms with van der Waals surface area (Å²) in [5, 5.41) is 0. The summed E-state index contributed by atoms with van der Waals surface area (Å²) in [7, 11) is -8.99. The van der Waals surface area contributed by atoms with Crippen LogP contribution in [-0.4, -0.2) is 53.1 Å². The molecule has 0 saturated carbocycles. The quantitative estimate of drug-likeness (QED) is 0.557. The van der Waals surface area contributed by atoms with Crippen molar-refractivity contribution < 1.29 is 39.5 Å². The third kappa shape index (κ3) is 7.23. The number of hydrogen-bond acceptors (Lipinski definition) is 6. The summed E-state index contributed by atoms with van der Waals surface area (Å²) >= 11 is 0. The molecule has 8 nitrogen and oxygen atoms in total. The number of rotatable bonds is 6. The maximum Gasteiger partial charge on any atom is 0.417 e. The van der Waals surface area contributed by atoms with Crippen molar-refractivity contribution in [3.63, 3.8) is 0 Å². The smallest absolute Gasteiger partial charge is 0.417 e. The number of amides is 1. The Morgan fingerprint density at radius 2 is 1.57 bits per heavy atom. The van der Waals surface area contributed by atoms with Crippen LogP contribution in [0.4, 0.5) is 18.0 Å². The monoisotopic (exact) mass is 562 g/mol. The van der Waals surface area contributed by atoms with Gasteiger partial charge < -0.3 is 9.64 Å². The molecule has 1 aliphatic rings. The fourth-order valence-corrected chi connectivity index (χ4v) is 6.56. The highest BCUT2D eigenvalue weighted by atomic mass is 32.2. The van der Waals surface area contributed by atoms with Crippen LogP contribution in [0.1, 0.15) is 39.2 Å². The molecule has 0 spiro atoms. The molecule has 0 atom stereocenters. The van der Waals surface area contributed by atoms with E-state index in [1.807, 2.05) is 0 Å². The second-order valence-electron chi connectivity index (χ2n) is 9.73. The maximum atomic E-state index is 13.7. The van der Waals surface area contributed by atoms with Crippen molar-refractivity contribution in [1.82, 2.24) is 9.62 Å². The number of nitrogens with one attached hydrogen (secondary N) is 1. The third-order valence-corrected chi connectivity index (χ3v) is 8.97. The van der Waals surface area contributed by atoms with Crippen LogP contribution >= 0.6 is 0 Å². The molecule has 2 aromatic rings. The summed E-state index contributed by atoms with van der Waals surface area (Å²) in [5.41, 5.74) is -2.13. The van der Waals surface area contributed by atoms with Gasteiger partial charge >= 0.3 is 12.3 Å². The molecular weight excluding hydrogens is 533 g/mol. The Balaban J connectivity index is 1.79. The number of piperidine rings is 1. The Morgan fingerprint density at radius 1 is 0.973 bits per heavy atom. The lowest BCUT2D eigenvalue weighted by atomic mass is 9.97. The molecule has 0 bridgehead atoms. The molecule has 204 valence electrons. The summed E-state index contributed by atoms with van der Waals surface area (Å²) in [4.78, 5) is 11.8. The third-order valence-electron chi connectivity index (χ3n) is 5.74. The average molecular weight is 563 g/mol. The summed E-state index contributed by atoms with van der Waals surface area (Å²) in [5.74, 6) is -0.237. The van der Waals surface area contributed by atoms with Crippen LogP contribution in [0.5, 0.6) is 0 Å². The highest BCUT2D eigenvalue weighted by Gasteiger charge is 2.38. The van der Waals surface area contributed by atoms with Gasteiger partial charge in [0.25, 0.3) is 0 Å². The first-order valence-electron chi connectivity index (χ1n) is 11.5. The van der Waals surface area contributed by atoms with Gasteiger partial charge in [-0.2, -0.15) is 13.2 Å². The van der Waals surface area contributed by atoms with Crippen LogP contribution in [0, 0.1) is 5.92 Å². The number of hydrogen-bond donors (Lipinski definition) is 1. The van der Waals surface area contributed by atoms with E-state index in [0.29, 0.717) is 38.1 Å². The van der Waals surface area contributed by atoms with E-state index in [9.17, 15) is 34.8 Å². The molecule has 0 unspecified atom stereocenters. The Bertz CT molecular complexity index is 1330. The Kier molecular flexibility index (Phi) is 8.30. The van der Waals surface area contributed by atoms with Crippen LogP contribution in [0.25, 0.3) is 0 Å². The average Bonchev–Trinajstić information content (AvgIpc) is 2.81. The number of likely N-dealkylation sites (tertiary alicyclic amines) is 1. The first kappa shape index (κ1) is 28.9. The predicted molar refractivity (Wildman–Crippen MR) is 129 cm³/mol. The minimum absolute atomic E-state index is 0.169. The number of ether oxygens (including phenoxy) is 1. The van der Waals surface area contributed by atoms with Crippen LogP contribution in [0.3, 0.4) is 0 Å². The molecule has 0 radical (unpaired) electrons. The molecule has 1 N–H and O–H groups in total. The zero-order chi connectivity index (χ0) is 27.6. The number of halogens is 3. The minimum Gasteiger partial charge on any atom is -0.444 e. The Labute approximate surface area is 214 Å². The van der Waals surface area contributed by atoms with Crippen molar-refractivity contribution in [2.24, 2.45) is 5.92 Å². The predicted octanol–water partition coefficient (Wildman–Crippen LogP) is 4.46. The SMILES string of the molecule is CC(C)(C)OC(=O)N1CCC(CNS(=O)(=O)c2cc(S(=O)(=O)c3ccccc3)ccc2C(F)(F)F)CC1. The molecular formula is C24H29F3N2O6S2. The zero-order valence-electron chi connectivity index (χ0n) is 20.6. The fourth-order valence-electron chi connectivity index (χ4n) is 3.81. The fraction of sp³-hybridized carbons (Fsp3) is 0.458. The molecule has 2 aromatic carbocycles. The van der Waals surface area contributed by atoms with Crippen molar-refractivity contribution in [2.75, 3.05) is 19.6 Å². The largest absolute Gasteiger partial charge is 0.444 e. The number of benzene rings is 2. The lowest BCUT2D eigenvalue weighted by Gasteiger charge is -2.33. The number of sulfone groups is 1. The van der Waals surface area contributed by atoms with E-state index in [-0.39, 0.29) is 17.4 Å². The molecule has 0 aromatic heterocycles. The second kappa shape index (κ2) is 10.6. The van der Waals surface area contributed by atoms with Crippen LogP contribution in [0.15, 0.2) is 63.2 Å². The van der Waals surface area contributed by atoms with Crippen LogP contribution in [-0.2, 0) is 30.8 Å². The lowest BCUT2D eigenvalue weighted by Crippen LogP contribution is -2.43. The standard InChI is InChI=1S/C24H29F3N2O6S2/c1-23(2,3)35-22(30)29-13-11-17(12-14-29)16-28-37(33,34)21-15-19(9-10-20(21)24(25,26)27)36(31,32)18-7-5-4-6-8-18/h4-10,15,17,28H,11-14,16H2,1-3H3. The van der Waals surface area contributed by atoms with Crippen LogP contribution in [0.2, 0.25) is 0 Å². The highest BCUT2D eigenvalue weighted by molar-refractivity contribution is 7.91. The first-order chi connectivity index (χ1) is 17.0. The van der Waals surface area contributed by atoms with E-state index >= 15 is 0 Å². The van der Waals surface area contributed by atoms with Crippen molar-refractivity contribution in [2.45, 2.75) is 60.1 Å². The summed E-state index contributed by atoms with van der Waals surface area (Å²) in [6.07, 6.45) is -4.69. The van der Waals surface area contributed by atoms with Gasteiger partial charge in [-0.05, 0) is 69.9 Å². The summed E-state index contributed by atoms with van der Waals surface area (Å²) in [6, 6.07) is 8.75. The zero-order valence-corrected chi connectivity index (χ0v) is 22.2. The van der Waals surface area contributed by atoms with Gasteiger partial charge in [0.15, 0.2) is 0 Å². The molecule has 1 heterocycles. The topological polar surface area (TPSA) is 110 Å². The normalized spacial score (nSPS) is 16.0. The Morgan fingerprint density at radius 3 is 2.11 bits per heavy atom. The molecule has 1 amide bonds. The molecule has 13 heteroatoms. The number of nitrogens with zero attached hydrogens (tertiary/aromatic N) is 1. The number of sulfonamides is 1. The highest BCUT2D eigenvalue weighted by Crippen LogP contribution is 2.36. The summed E-state index contributed by atoms with van der Waals surface area (Å²) < 4.78 is 100. The summed E-state index contributed by atoms with van der Waals surface area (Å²) in [6.45, 7) is 5.66. The van der Waals surface area contributed by atoms with Gasteiger partial charge in [-0.1, -0.05) is 18.2 Å². The van der Waals surface area contributed by atoms with E-state index < -0.39 is 53.1 Å². The van der Waals surface area contributed by atoms with Gasteiger partial charge in [-0.25, -0.2) is 26.4 Å². The van der Waals surface area contributed by atoms with Gasteiger partial charge in [0.05, 0.1) is 20.2 Å². The lowest BCUT2D eigenvalue weighted by molar-refractivity contribution is -0.139. The molecule has 0 aliphatic carbocycles. The van der Waals surface area contributed by atoms with Gasteiger partial charge in [0, 0.05) is 19.6 Å². The molecule has 1 aliphatic heterocycles. The number of carbonyl (C=O) groups excluding carboxylic acids is 1. The van der Waals surface area contributed by atoms with Crippen molar-refractivity contribution >= 4 is 26.0 Å². The van der Waals surface area contributed by atoms with Crippen molar-refractivity contribution in [1.29, 1.82) is 0 Å². The minimum atomic E-state index is -5.03. The maximum absolute atomic E-state index is 13.7. The molecule has 1 saturated heterocycles. The van der Waals surface area contributed by atoms with Gasteiger partial charge in [0.1, 0.15) is 5.60 Å². The van der Waals surface area contributed by atoms with Gasteiger partial charge in [-0.15, -0.1) is 0 Å². The number of alkyl halides is 3. The first-order valence-corrected chi connectivity index (χ1v) is 14.5. The molecule has 3 rings (SSSR count). The molecule has 37 heavy (non-hydrogen) atoms. The van der Waals surface area contributed by atoms with Gasteiger partial charge in [0.2, 0.25) is 19.9 Å². The van der Waals surface area contributed by atoms with E-state index in [0.717, 1.165) is 6.07 Å². The van der Waals surface area contributed by atoms with Crippen LogP contribution < -0.4 is 4.72 Å². The molecule has 1 fully saturated rings. The Hall–Kier alpha value is -2.64. The second-order valence-corrected chi connectivity index (χ2v) is 13.4. The van der Waals surface area contributed by atoms with Crippen molar-refractivity contribution in [3.8, 4) is 0 Å². The van der Waals surface area contributed by atoms with E-state index in [2.05, 4.69) is 4.72 Å². The van der Waals surface area contributed by atoms with E-state index in [1.54, 1.807) is 26.8 Å². The van der Waals surface area contributed by atoms with E-state index in [4.69, 9.17) is 4.74 Å². The van der Waals surface area contributed by atoms with E-state index in [1.165, 1.54) is 29.2 Å². The number of carbonyl (C=O) groups is 1. The van der Waals surface area contributed by atoms with Gasteiger partial charge in [-0.3, -0.25) is 0 Å². The van der Waals surface area contributed by atoms with Crippen molar-refractivity contribution in [3.05, 3.63) is 54.1 Å².